The van der Waals surface area contributed by atoms with Crippen molar-refractivity contribution >= 4 is 27.0 Å². The summed E-state index contributed by atoms with van der Waals surface area (Å²) >= 11 is 0. The normalized spacial score (nSPS) is 16.7. The van der Waals surface area contributed by atoms with Crippen molar-refractivity contribution in [3.05, 3.63) is 65.2 Å². The Morgan fingerprint density at radius 2 is 1.62 bits per heavy atom. The molecule has 0 spiro atoms. The summed E-state index contributed by atoms with van der Waals surface area (Å²) in [6.07, 6.45) is 2.06. The fraction of sp³-hybridized carbons (Fsp3) is 0.286. The second-order valence-corrected chi connectivity index (χ2v) is 8.95. The van der Waals surface area contributed by atoms with E-state index in [0.29, 0.717) is 16.9 Å². The number of hydrogen-bond donors (Lipinski definition) is 0. The molecule has 4 nitrogen and oxygen atoms in total. The zero-order valence-electron chi connectivity index (χ0n) is 15.4. The second kappa shape index (κ2) is 6.40. The molecule has 0 aromatic heterocycles. The minimum Gasteiger partial charge on any atom is -0.478 e. The molecule has 2 aromatic carbocycles. The standard InChI is InChI=1S/C21H22O4S/c1-5-14-10-12-15(13-11-14)18-19(25-21(2,3)20(18)22)16-8-6-7-9-17(16)26(4,23)24/h6-13H,5H2,1-4H3. The third kappa shape index (κ3) is 3.19. The monoisotopic (exact) mass is 370 g/mol. The first-order chi connectivity index (χ1) is 12.1. The van der Waals surface area contributed by atoms with Crippen LogP contribution in [0.4, 0.5) is 0 Å². The predicted octanol–water partition coefficient (Wildman–Crippen LogP) is 3.90. The Hall–Kier alpha value is -2.40. The molecule has 2 aromatic rings. The molecular formula is C21H22O4S. The molecule has 0 aliphatic carbocycles. The number of hydrogen-bond acceptors (Lipinski definition) is 4. The molecule has 1 aliphatic heterocycles. The van der Waals surface area contributed by atoms with Gasteiger partial charge in [-0.1, -0.05) is 43.3 Å². The predicted molar refractivity (Wildman–Crippen MR) is 102 cm³/mol. The molecule has 26 heavy (non-hydrogen) atoms. The molecule has 0 saturated heterocycles. The summed E-state index contributed by atoms with van der Waals surface area (Å²) in [6, 6.07) is 14.4. The molecule has 0 N–H and O–H groups in total. The number of benzene rings is 2. The molecule has 0 unspecified atom stereocenters. The largest absolute Gasteiger partial charge is 0.478 e. The highest BCUT2D eigenvalue weighted by Gasteiger charge is 2.43. The summed E-state index contributed by atoms with van der Waals surface area (Å²) in [5.41, 5.74) is 1.70. The van der Waals surface area contributed by atoms with Gasteiger partial charge in [0, 0.05) is 11.8 Å². The van der Waals surface area contributed by atoms with Crippen LogP contribution in [0.2, 0.25) is 0 Å². The summed E-state index contributed by atoms with van der Waals surface area (Å²) < 4.78 is 30.4. The molecule has 0 fully saturated rings. The highest BCUT2D eigenvalue weighted by molar-refractivity contribution is 7.90. The lowest BCUT2D eigenvalue weighted by atomic mass is 9.92. The number of carbonyl (C=O) groups is 1. The molecule has 0 atom stereocenters. The first-order valence-electron chi connectivity index (χ1n) is 8.52. The third-order valence-electron chi connectivity index (χ3n) is 4.54. The maximum atomic E-state index is 13.0. The van der Waals surface area contributed by atoms with Crippen molar-refractivity contribution in [3.8, 4) is 0 Å². The summed E-state index contributed by atoms with van der Waals surface area (Å²) in [5, 5.41) is 0. The molecule has 0 saturated carbocycles. The van der Waals surface area contributed by atoms with Gasteiger partial charge in [0.1, 0.15) is 5.76 Å². The van der Waals surface area contributed by atoms with Gasteiger partial charge in [0.25, 0.3) is 0 Å². The van der Waals surface area contributed by atoms with E-state index in [9.17, 15) is 13.2 Å². The van der Waals surface area contributed by atoms with Crippen molar-refractivity contribution in [1.82, 2.24) is 0 Å². The molecule has 0 amide bonds. The lowest BCUT2D eigenvalue weighted by Gasteiger charge is -2.18. The summed E-state index contributed by atoms with van der Waals surface area (Å²) in [6.45, 7) is 5.46. The SMILES string of the molecule is CCc1ccc(C2=C(c3ccccc3S(C)(=O)=O)OC(C)(C)C2=O)cc1. The van der Waals surface area contributed by atoms with Crippen molar-refractivity contribution in [1.29, 1.82) is 0 Å². The molecule has 3 rings (SSSR count). The zero-order chi connectivity index (χ0) is 19.1. The Kier molecular flexibility index (Phi) is 4.53. The van der Waals surface area contributed by atoms with Crippen molar-refractivity contribution in [2.45, 2.75) is 37.7 Å². The van der Waals surface area contributed by atoms with Crippen LogP contribution in [0.3, 0.4) is 0 Å². The van der Waals surface area contributed by atoms with Crippen LogP contribution in [0.5, 0.6) is 0 Å². The number of aryl methyl sites for hydroxylation is 1. The van der Waals surface area contributed by atoms with E-state index in [0.717, 1.165) is 23.8 Å². The second-order valence-electron chi connectivity index (χ2n) is 6.96. The summed E-state index contributed by atoms with van der Waals surface area (Å²) in [5.74, 6) is 0.172. The van der Waals surface area contributed by atoms with Gasteiger partial charge >= 0.3 is 0 Å². The Morgan fingerprint density at radius 3 is 2.19 bits per heavy atom. The zero-order valence-corrected chi connectivity index (χ0v) is 16.2. The van der Waals surface area contributed by atoms with Gasteiger partial charge in [0.15, 0.2) is 15.4 Å². The van der Waals surface area contributed by atoms with Crippen LogP contribution < -0.4 is 0 Å². The van der Waals surface area contributed by atoms with Crippen LogP contribution in [0.15, 0.2) is 53.4 Å². The van der Waals surface area contributed by atoms with Crippen molar-refractivity contribution in [2.75, 3.05) is 6.26 Å². The van der Waals surface area contributed by atoms with Gasteiger partial charge in [-0.15, -0.1) is 0 Å². The lowest BCUT2D eigenvalue weighted by molar-refractivity contribution is -0.125. The quantitative estimate of drug-likeness (QED) is 0.819. The Labute approximate surface area is 154 Å². The minimum absolute atomic E-state index is 0.153. The van der Waals surface area contributed by atoms with Crippen LogP contribution in [0, 0.1) is 0 Å². The molecule has 0 radical (unpaired) electrons. The number of Topliss-reactive ketones (excluding diaryl/α,β-unsaturated/α-hetero) is 1. The topological polar surface area (TPSA) is 60.4 Å². The van der Waals surface area contributed by atoms with Crippen molar-refractivity contribution in [3.63, 3.8) is 0 Å². The average Bonchev–Trinajstić information content (AvgIpc) is 2.84. The number of sulfone groups is 1. The van der Waals surface area contributed by atoms with Crippen molar-refractivity contribution < 1.29 is 17.9 Å². The van der Waals surface area contributed by atoms with E-state index in [1.165, 1.54) is 6.07 Å². The van der Waals surface area contributed by atoms with Gasteiger partial charge in [-0.2, -0.15) is 0 Å². The first-order valence-corrected chi connectivity index (χ1v) is 10.4. The van der Waals surface area contributed by atoms with E-state index >= 15 is 0 Å². The molecule has 136 valence electrons. The molecule has 5 heteroatoms. The molecule has 1 heterocycles. The fourth-order valence-corrected chi connectivity index (χ4v) is 3.98. The van der Waals surface area contributed by atoms with E-state index in [1.54, 1.807) is 32.0 Å². The van der Waals surface area contributed by atoms with Gasteiger partial charge < -0.3 is 4.74 Å². The summed E-state index contributed by atoms with van der Waals surface area (Å²) in [4.78, 5) is 13.2. The Morgan fingerprint density at radius 1 is 1.00 bits per heavy atom. The maximum absolute atomic E-state index is 13.0. The van der Waals surface area contributed by atoms with Gasteiger partial charge in [-0.3, -0.25) is 4.79 Å². The van der Waals surface area contributed by atoms with E-state index in [4.69, 9.17) is 4.74 Å². The number of ketones is 1. The van der Waals surface area contributed by atoms with E-state index in [-0.39, 0.29) is 10.7 Å². The lowest BCUT2D eigenvalue weighted by Crippen LogP contribution is -2.29. The Balaban J connectivity index is 2.27. The third-order valence-corrected chi connectivity index (χ3v) is 5.70. The maximum Gasteiger partial charge on any atom is 0.210 e. The average molecular weight is 370 g/mol. The molecule has 0 bridgehead atoms. The van der Waals surface area contributed by atoms with E-state index in [1.807, 2.05) is 24.3 Å². The van der Waals surface area contributed by atoms with Gasteiger partial charge in [0.2, 0.25) is 5.78 Å². The van der Waals surface area contributed by atoms with Crippen LogP contribution in [-0.4, -0.2) is 26.1 Å². The highest BCUT2D eigenvalue weighted by Crippen LogP contribution is 2.42. The van der Waals surface area contributed by atoms with Gasteiger partial charge in [-0.05, 0) is 43.5 Å². The number of carbonyl (C=O) groups excluding carboxylic acids is 1. The van der Waals surface area contributed by atoms with Crippen LogP contribution in [0.25, 0.3) is 11.3 Å². The van der Waals surface area contributed by atoms with E-state index < -0.39 is 15.4 Å². The first kappa shape index (κ1) is 18.4. The minimum atomic E-state index is -3.47. The van der Waals surface area contributed by atoms with Crippen molar-refractivity contribution in [2.24, 2.45) is 0 Å². The van der Waals surface area contributed by atoms with E-state index in [2.05, 4.69) is 6.92 Å². The number of rotatable bonds is 4. The Bertz CT molecular complexity index is 997. The smallest absolute Gasteiger partial charge is 0.210 e. The number of ether oxygens (including phenoxy) is 1. The van der Waals surface area contributed by atoms with Gasteiger partial charge in [0.05, 0.1) is 10.5 Å². The van der Waals surface area contributed by atoms with Crippen LogP contribution in [0.1, 0.15) is 37.5 Å². The molecular weight excluding hydrogens is 348 g/mol. The fourth-order valence-electron chi connectivity index (χ4n) is 3.09. The van der Waals surface area contributed by atoms with Crippen LogP contribution in [-0.2, 0) is 25.8 Å². The summed E-state index contributed by atoms with van der Waals surface area (Å²) in [7, 11) is -3.47. The van der Waals surface area contributed by atoms with Crippen LogP contribution >= 0.6 is 0 Å². The van der Waals surface area contributed by atoms with Gasteiger partial charge in [-0.25, -0.2) is 8.42 Å². The molecule has 1 aliphatic rings. The highest BCUT2D eigenvalue weighted by atomic mass is 32.2.